The Kier molecular flexibility index (Phi) is 5.82. The van der Waals surface area contributed by atoms with Gasteiger partial charge >= 0.3 is 13.1 Å². The molecule has 2 atom stereocenters. The van der Waals surface area contributed by atoms with Gasteiger partial charge in [0.25, 0.3) is 11.7 Å². The first-order valence-electron chi connectivity index (χ1n) is 9.69. The van der Waals surface area contributed by atoms with Crippen LogP contribution in [0.4, 0.5) is 0 Å². The Morgan fingerprint density at radius 3 is 2.90 bits per heavy atom. The summed E-state index contributed by atoms with van der Waals surface area (Å²) in [6.07, 6.45) is 0.988. The Labute approximate surface area is 176 Å². The molecule has 2 amide bonds. The summed E-state index contributed by atoms with van der Waals surface area (Å²) < 4.78 is 5.34. The zero-order chi connectivity index (χ0) is 22.0. The van der Waals surface area contributed by atoms with Gasteiger partial charge in [-0.15, -0.1) is 10.2 Å². The van der Waals surface area contributed by atoms with E-state index in [-0.39, 0.29) is 42.1 Å². The second-order valence-electron chi connectivity index (χ2n) is 7.29. The van der Waals surface area contributed by atoms with Crippen LogP contribution in [0.15, 0.2) is 18.2 Å². The van der Waals surface area contributed by atoms with E-state index in [1.54, 1.807) is 12.1 Å². The average Bonchev–Trinajstić information content (AvgIpc) is 3.40. The molecule has 0 saturated carbocycles. The molecular weight excluding hydrogens is 409 g/mol. The highest BCUT2D eigenvalue weighted by molar-refractivity contribution is 6.47. The van der Waals surface area contributed by atoms with E-state index >= 15 is 0 Å². The van der Waals surface area contributed by atoms with Crippen molar-refractivity contribution in [1.29, 1.82) is 0 Å². The van der Waals surface area contributed by atoms with Gasteiger partial charge in [0.05, 0.1) is 11.5 Å². The summed E-state index contributed by atoms with van der Waals surface area (Å²) in [6, 6.07) is 4.63. The first kappa shape index (κ1) is 20.7. The van der Waals surface area contributed by atoms with Crippen LogP contribution in [-0.4, -0.2) is 80.3 Å². The average molecular weight is 429 g/mol. The molecule has 2 aliphatic heterocycles. The molecule has 2 aliphatic rings. The lowest BCUT2D eigenvalue weighted by atomic mass is 9.72. The molecule has 1 fully saturated rings. The van der Waals surface area contributed by atoms with E-state index in [1.807, 2.05) is 0 Å². The number of rotatable bonds is 6. The summed E-state index contributed by atoms with van der Waals surface area (Å²) in [7, 11) is -1.46. The quantitative estimate of drug-likeness (QED) is 0.311. The van der Waals surface area contributed by atoms with Crippen LogP contribution in [0, 0.1) is 0 Å². The number of tetrazole rings is 1. The van der Waals surface area contributed by atoms with Crippen LogP contribution in [0.1, 0.15) is 33.0 Å². The molecule has 0 spiro atoms. The number of nitrogens with zero attached hydrogens (tertiary/aromatic N) is 4. The number of hydrogen-bond acceptors (Lipinski definition) is 9. The monoisotopic (exact) mass is 429 g/mol. The lowest BCUT2D eigenvalue weighted by Gasteiger charge is -2.28. The lowest BCUT2D eigenvalue weighted by molar-refractivity contribution is -0.122. The van der Waals surface area contributed by atoms with Gasteiger partial charge in [-0.25, -0.2) is 4.79 Å². The van der Waals surface area contributed by atoms with Crippen molar-refractivity contribution >= 4 is 24.9 Å². The number of carboxylic acid groups (broad SMARTS) is 1. The van der Waals surface area contributed by atoms with Crippen molar-refractivity contribution in [2.75, 3.05) is 13.1 Å². The molecule has 31 heavy (non-hydrogen) atoms. The number of amides is 2. The molecule has 13 nitrogen and oxygen atoms in total. The molecule has 1 saturated heterocycles. The third-order valence-corrected chi connectivity index (χ3v) is 5.03. The molecule has 1 aromatic carbocycles. The van der Waals surface area contributed by atoms with E-state index in [2.05, 4.69) is 31.4 Å². The van der Waals surface area contributed by atoms with E-state index in [1.165, 1.54) is 6.07 Å². The van der Waals surface area contributed by atoms with Gasteiger partial charge in [-0.2, -0.15) is 4.80 Å². The van der Waals surface area contributed by atoms with Gasteiger partial charge in [0.15, 0.2) is 0 Å². The number of nitrogens with one attached hydrogen (secondary N) is 3. The van der Waals surface area contributed by atoms with Crippen molar-refractivity contribution < 1.29 is 29.2 Å². The summed E-state index contributed by atoms with van der Waals surface area (Å²) in [5, 5.41) is 39.3. The van der Waals surface area contributed by atoms with Gasteiger partial charge < -0.3 is 30.7 Å². The van der Waals surface area contributed by atoms with Crippen LogP contribution in [0.2, 0.25) is 0 Å². The number of hydrogen-bond donors (Lipinski definition) is 5. The summed E-state index contributed by atoms with van der Waals surface area (Å²) in [5.41, 5.74) is 0.461. The minimum atomic E-state index is -1.46. The van der Waals surface area contributed by atoms with E-state index < -0.39 is 24.9 Å². The van der Waals surface area contributed by atoms with Crippen LogP contribution in [0.25, 0.3) is 0 Å². The highest BCUT2D eigenvalue weighted by Gasteiger charge is 2.38. The molecule has 0 bridgehead atoms. The molecule has 2 aromatic rings. The molecule has 5 N–H and O–H groups in total. The van der Waals surface area contributed by atoms with Crippen LogP contribution in [0.3, 0.4) is 0 Å². The molecule has 4 rings (SSSR count). The third kappa shape index (κ3) is 4.64. The van der Waals surface area contributed by atoms with E-state index in [0.29, 0.717) is 12.1 Å². The van der Waals surface area contributed by atoms with Crippen molar-refractivity contribution in [1.82, 2.24) is 36.2 Å². The maximum absolute atomic E-state index is 12.5. The van der Waals surface area contributed by atoms with Crippen LogP contribution >= 0.6 is 0 Å². The number of benzene rings is 1. The van der Waals surface area contributed by atoms with Crippen LogP contribution < -0.4 is 20.6 Å². The highest BCUT2D eigenvalue weighted by Crippen LogP contribution is 2.30. The SMILES string of the molecule is O=C(Cn1nnc(C(=O)N[C@H]2Cc3cccc(C(=O)O)c3OB2O)n1)N[C@H]1CCNC1. The molecule has 14 heteroatoms. The Hall–Kier alpha value is -3.52. The van der Waals surface area contributed by atoms with Gasteiger partial charge in [0.2, 0.25) is 5.91 Å². The molecule has 0 radical (unpaired) electrons. The van der Waals surface area contributed by atoms with Gasteiger partial charge in [0, 0.05) is 12.6 Å². The summed E-state index contributed by atoms with van der Waals surface area (Å²) in [6.45, 7) is 1.36. The van der Waals surface area contributed by atoms with Gasteiger partial charge in [-0.1, -0.05) is 12.1 Å². The van der Waals surface area contributed by atoms with Crippen LogP contribution in [0.5, 0.6) is 5.75 Å². The first-order valence-corrected chi connectivity index (χ1v) is 9.69. The third-order valence-electron chi connectivity index (χ3n) is 5.03. The second-order valence-corrected chi connectivity index (χ2v) is 7.29. The summed E-state index contributed by atoms with van der Waals surface area (Å²) in [5.74, 6) is -3.24. The van der Waals surface area contributed by atoms with Crippen molar-refractivity contribution in [2.24, 2.45) is 0 Å². The topological polar surface area (TPSA) is 181 Å². The fourth-order valence-electron chi connectivity index (χ4n) is 3.53. The number of carbonyl (C=O) groups is 3. The molecule has 162 valence electrons. The summed E-state index contributed by atoms with van der Waals surface area (Å²) >= 11 is 0. The zero-order valence-electron chi connectivity index (χ0n) is 16.3. The van der Waals surface area contributed by atoms with Gasteiger partial charge in [0.1, 0.15) is 12.3 Å². The zero-order valence-corrected chi connectivity index (χ0v) is 16.3. The number of fused-ring (bicyclic) bond motifs is 1. The van der Waals surface area contributed by atoms with Gasteiger partial charge in [-0.3, -0.25) is 9.59 Å². The maximum Gasteiger partial charge on any atom is 0.547 e. The standard InChI is InChI=1S/C17H20BN7O6/c26-13(20-10-4-5-19-7-10)8-25-23-15(22-24-25)16(27)21-12-6-9-2-1-3-11(17(28)29)14(9)31-18(12)30/h1-3,10,12,19,30H,4-8H2,(H,20,26)(H,21,27)(H,28,29)/t10-,12-/m0/s1. The van der Waals surface area contributed by atoms with E-state index in [9.17, 15) is 24.5 Å². The largest absolute Gasteiger partial charge is 0.547 e. The Morgan fingerprint density at radius 1 is 1.32 bits per heavy atom. The molecule has 0 aliphatic carbocycles. The fraction of sp³-hybridized carbons (Fsp3) is 0.412. The number of aromatic carboxylic acids is 1. The van der Waals surface area contributed by atoms with Crippen LogP contribution in [-0.2, 0) is 17.8 Å². The Bertz CT molecular complexity index is 1010. The Morgan fingerprint density at radius 2 is 2.16 bits per heavy atom. The van der Waals surface area contributed by atoms with Crippen molar-refractivity contribution in [3.8, 4) is 5.75 Å². The van der Waals surface area contributed by atoms with Crippen molar-refractivity contribution in [2.45, 2.75) is 31.4 Å². The molecule has 3 heterocycles. The van der Waals surface area contributed by atoms with Crippen molar-refractivity contribution in [3.63, 3.8) is 0 Å². The van der Waals surface area contributed by atoms with Gasteiger partial charge in [-0.05, 0) is 36.2 Å². The normalized spacial score (nSPS) is 20.0. The van der Waals surface area contributed by atoms with Crippen molar-refractivity contribution in [3.05, 3.63) is 35.2 Å². The minimum absolute atomic E-state index is 0.0519. The minimum Gasteiger partial charge on any atom is -0.534 e. The highest BCUT2D eigenvalue weighted by atomic mass is 16.5. The number of carboxylic acids is 1. The molecule has 1 aromatic heterocycles. The number of aromatic nitrogens is 4. The van der Waals surface area contributed by atoms with E-state index in [0.717, 1.165) is 17.8 Å². The fourth-order valence-corrected chi connectivity index (χ4v) is 3.53. The smallest absolute Gasteiger partial charge is 0.534 e. The summed E-state index contributed by atoms with van der Waals surface area (Å²) in [4.78, 5) is 36.8. The predicted molar refractivity (Wildman–Crippen MR) is 104 cm³/mol. The Balaban J connectivity index is 1.37. The maximum atomic E-state index is 12.5. The predicted octanol–water partition coefficient (Wildman–Crippen LogP) is -2.40. The molecule has 0 unspecified atom stereocenters. The number of para-hydroxylation sites is 1. The lowest BCUT2D eigenvalue weighted by Crippen LogP contribution is -2.53. The number of carbonyl (C=O) groups excluding carboxylic acids is 2. The molecular formula is C17H20BN7O6. The van der Waals surface area contributed by atoms with E-state index in [4.69, 9.17) is 4.65 Å². The first-order chi connectivity index (χ1) is 14.9. The second kappa shape index (κ2) is 8.69.